The second kappa shape index (κ2) is 7.78. The molecule has 0 aliphatic rings. The first-order chi connectivity index (χ1) is 12.5. The number of nitrogens with one attached hydrogen (secondary N) is 1. The van der Waals surface area contributed by atoms with Crippen LogP contribution in [0.3, 0.4) is 0 Å². The third kappa shape index (κ3) is 4.25. The second-order valence-corrected chi connectivity index (χ2v) is 6.22. The maximum atomic E-state index is 13.3. The summed E-state index contributed by atoms with van der Waals surface area (Å²) in [6.45, 7) is 3.81. The van der Waals surface area contributed by atoms with E-state index in [9.17, 15) is 9.18 Å². The van der Waals surface area contributed by atoms with E-state index in [0.717, 1.165) is 16.8 Å². The Morgan fingerprint density at radius 3 is 2.46 bits per heavy atom. The SMILES string of the molecule is CC(C)NC(=O)/C=C/c1cn(-c2ccccc2)nc1-c1ccc(F)cc1. The van der Waals surface area contributed by atoms with E-state index in [1.165, 1.54) is 18.2 Å². The minimum Gasteiger partial charge on any atom is -0.350 e. The Kier molecular flexibility index (Phi) is 5.27. The zero-order chi connectivity index (χ0) is 18.5. The number of hydrogen-bond donors (Lipinski definition) is 1. The van der Waals surface area contributed by atoms with Gasteiger partial charge in [0, 0.05) is 29.4 Å². The largest absolute Gasteiger partial charge is 0.350 e. The predicted octanol–water partition coefficient (Wildman–Crippen LogP) is 4.22. The average molecular weight is 349 g/mol. The van der Waals surface area contributed by atoms with Crippen LogP contribution < -0.4 is 5.32 Å². The van der Waals surface area contributed by atoms with Crippen LogP contribution in [0.4, 0.5) is 4.39 Å². The van der Waals surface area contributed by atoms with Crippen LogP contribution in [0.2, 0.25) is 0 Å². The average Bonchev–Trinajstić information content (AvgIpc) is 3.05. The van der Waals surface area contributed by atoms with Crippen LogP contribution in [-0.4, -0.2) is 21.7 Å². The van der Waals surface area contributed by atoms with E-state index in [0.29, 0.717) is 5.69 Å². The molecule has 3 rings (SSSR count). The van der Waals surface area contributed by atoms with Crippen molar-refractivity contribution >= 4 is 12.0 Å². The molecule has 0 aliphatic carbocycles. The molecule has 0 bridgehead atoms. The minimum absolute atomic E-state index is 0.0655. The number of amides is 1. The molecule has 1 heterocycles. The van der Waals surface area contributed by atoms with E-state index in [1.807, 2.05) is 50.4 Å². The Bertz CT molecular complexity index is 912. The summed E-state index contributed by atoms with van der Waals surface area (Å²) >= 11 is 0. The molecule has 132 valence electrons. The molecule has 0 unspecified atom stereocenters. The molecule has 0 aliphatic heterocycles. The highest BCUT2D eigenvalue weighted by Gasteiger charge is 2.11. The standard InChI is InChI=1S/C21H20FN3O/c1-15(2)23-20(26)13-10-17-14-25(19-6-4-3-5-7-19)24-21(17)16-8-11-18(22)12-9-16/h3-15H,1-2H3,(H,23,26)/b13-10+. The first kappa shape index (κ1) is 17.6. The van der Waals surface area contributed by atoms with Gasteiger partial charge in [0.15, 0.2) is 0 Å². The number of carbonyl (C=O) groups excluding carboxylic acids is 1. The minimum atomic E-state index is -0.301. The molecular weight excluding hydrogens is 329 g/mol. The summed E-state index contributed by atoms with van der Waals surface area (Å²) in [4.78, 5) is 11.9. The normalized spacial score (nSPS) is 11.2. The van der Waals surface area contributed by atoms with Crippen LogP contribution in [0.1, 0.15) is 19.4 Å². The lowest BCUT2D eigenvalue weighted by atomic mass is 10.1. The number of rotatable bonds is 5. The summed E-state index contributed by atoms with van der Waals surface area (Å²) in [6, 6.07) is 15.9. The first-order valence-electron chi connectivity index (χ1n) is 8.42. The van der Waals surface area contributed by atoms with E-state index in [1.54, 1.807) is 22.9 Å². The number of benzene rings is 2. The van der Waals surface area contributed by atoms with Crippen molar-refractivity contribution in [3.8, 4) is 16.9 Å². The molecule has 3 aromatic rings. The number of nitrogens with zero attached hydrogens (tertiary/aromatic N) is 2. The summed E-state index contributed by atoms with van der Waals surface area (Å²) in [5, 5.41) is 7.45. The van der Waals surface area contributed by atoms with Crippen molar-refractivity contribution in [1.29, 1.82) is 0 Å². The van der Waals surface area contributed by atoms with E-state index in [2.05, 4.69) is 10.4 Å². The molecule has 0 fully saturated rings. The van der Waals surface area contributed by atoms with E-state index in [4.69, 9.17) is 0 Å². The van der Waals surface area contributed by atoms with Gasteiger partial charge in [-0.2, -0.15) is 5.10 Å². The van der Waals surface area contributed by atoms with Gasteiger partial charge in [-0.05, 0) is 56.3 Å². The lowest BCUT2D eigenvalue weighted by molar-refractivity contribution is -0.116. The molecule has 26 heavy (non-hydrogen) atoms. The van der Waals surface area contributed by atoms with Gasteiger partial charge in [-0.15, -0.1) is 0 Å². The van der Waals surface area contributed by atoms with Crippen LogP contribution in [0.5, 0.6) is 0 Å². The highest BCUT2D eigenvalue weighted by molar-refractivity contribution is 5.93. The number of aromatic nitrogens is 2. The Morgan fingerprint density at radius 1 is 1.12 bits per heavy atom. The van der Waals surface area contributed by atoms with Gasteiger partial charge in [-0.3, -0.25) is 4.79 Å². The monoisotopic (exact) mass is 349 g/mol. The number of hydrogen-bond acceptors (Lipinski definition) is 2. The number of carbonyl (C=O) groups is 1. The lowest BCUT2D eigenvalue weighted by Gasteiger charge is -2.04. The third-order valence-corrected chi connectivity index (χ3v) is 3.73. The van der Waals surface area contributed by atoms with Crippen molar-refractivity contribution in [2.45, 2.75) is 19.9 Å². The van der Waals surface area contributed by atoms with Crippen LogP contribution in [0.25, 0.3) is 23.0 Å². The van der Waals surface area contributed by atoms with E-state index >= 15 is 0 Å². The van der Waals surface area contributed by atoms with E-state index < -0.39 is 0 Å². The van der Waals surface area contributed by atoms with Gasteiger partial charge in [-0.1, -0.05) is 18.2 Å². The second-order valence-electron chi connectivity index (χ2n) is 6.22. The lowest BCUT2D eigenvalue weighted by Crippen LogP contribution is -2.28. The van der Waals surface area contributed by atoms with Crippen molar-refractivity contribution < 1.29 is 9.18 Å². The molecule has 1 aromatic heterocycles. The van der Waals surface area contributed by atoms with Crippen LogP contribution in [0.15, 0.2) is 66.9 Å². The van der Waals surface area contributed by atoms with Crippen molar-refractivity contribution in [2.75, 3.05) is 0 Å². The summed E-state index contributed by atoms with van der Waals surface area (Å²) < 4.78 is 15.0. The van der Waals surface area contributed by atoms with Crippen molar-refractivity contribution in [2.24, 2.45) is 0 Å². The van der Waals surface area contributed by atoms with Gasteiger partial charge in [0.1, 0.15) is 5.82 Å². The van der Waals surface area contributed by atoms with Crippen molar-refractivity contribution in [1.82, 2.24) is 15.1 Å². The Labute approximate surface area is 152 Å². The fourth-order valence-electron chi connectivity index (χ4n) is 2.55. The Morgan fingerprint density at radius 2 is 1.81 bits per heavy atom. The zero-order valence-corrected chi connectivity index (χ0v) is 14.7. The van der Waals surface area contributed by atoms with Gasteiger partial charge >= 0.3 is 0 Å². The van der Waals surface area contributed by atoms with Crippen molar-refractivity contribution in [3.05, 3.63) is 78.3 Å². The quantitative estimate of drug-likeness (QED) is 0.701. The fraction of sp³-hybridized carbons (Fsp3) is 0.143. The van der Waals surface area contributed by atoms with Gasteiger partial charge in [0.05, 0.1) is 11.4 Å². The number of halogens is 1. The molecule has 0 spiro atoms. The third-order valence-electron chi connectivity index (χ3n) is 3.73. The Balaban J connectivity index is 2.00. The fourth-order valence-corrected chi connectivity index (χ4v) is 2.55. The van der Waals surface area contributed by atoms with Gasteiger partial charge < -0.3 is 5.32 Å². The molecule has 5 heteroatoms. The molecule has 4 nitrogen and oxygen atoms in total. The van der Waals surface area contributed by atoms with Gasteiger partial charge in [-0.25, -0.2) is 9.07 Å². The predicted molar refractivity (Wildman–Crippen MR) is 101 cm³/mol. The highest BCUT2D eigenvalue weighted by Crippen LogP contribution is 2.25. The molecule has 1 N–H and O–H groups in total. The van der Waals surface area contributed by atoms with Gasteiger partial charge in [0.25, 0.3) is 0 Å². The molecule has 0 saturated heterocycles. The molecular formula is C21H20FN3O. The summed E-state index contributed by atoms with van der Waals surface area (Å²) in [5.74, 6) is -0.470. The van der Waals surface area contributed by atoms with Gasteiger partial charge in [0.2, 0.25) is 5.91 Å². The summed E-state index contributed by atoms with van der Waals surface area (Å²) in [6.07, 6.45) is 5.06. The zero-order valence-electron chi connectivity index (χ0n) is 14.7. The topological polar surface area (TPSA) is 46.9 Å². The molecule has 0 saturated carbocycles. The summed E-state index contributed by atoms with van der Waals surface area (Å²) in [5.41, 5.74) is 3.15. The van der Waals surface area contributed by atoms with Crippen LogP contribution in [0, 0.1) is 5.82 Å². The molecule has 1 amide bonds. The van der Waals surface area contributed by atoms with E-state index in [-0.39, 0.29) is 17.8 Å². The van der Waals surface area contributed by atoms with Crippen molar-refractivity contribution in [3.63, 3.8) is 0 Å². The smallest absolute Gasteiger partial charge is 0.244 e. The van der Waals surface area contributed by atoms with Crippen LogP contribution >= 0.6 is 0 Å². The van der Waals surface area contributed by atoms with Crippen LogP contribution in [-0.2, 0) is 4.79 Å². The first-order valence-corrected chi connectivity index (χ1v) is 8.42. The highest BCUT2D eigenvalue weighted by atomic mass is 19.1. The number of para-hydroxylation sites is 1. The molecule has 2 aromatic carbocycles. The molecule has 0 radical (unpaired) electrons. The summed E-state index contributed by atoms with van der Waals surface area (Å²) in [7, 11) is 0. The Hall–Kier alpha value is -3.21. The maximum Gasteiger partial charge on any atom is 0.244 e. The maximum absolute atomic E-state index is 13.3. The molecule has 0 atom stereocenters.